The molecule has 2 unspecified atom stereocenters. The van der Waals surface area contributed by atoms with Crippen LogP contribution in [0.2, 0.25) is 0 Å². The van der Waals surface area contributed by atoms with Crippen molar-refractivity contribution in [1.29, 1.82) is 0 Å². The molecule has 2 heterocycles. The number of piperidine rings is 1. The molecular formula is C17H31NO. The topological polar surface area (TPSA) is 12.5 Å². The van der Waals surface area contributed by atoms with E-state index in [0.29, 0.717) is 0 Å². The normalized spacial score (nSPS) is 33.6. The van der Waals surface area contributed by atoms with Gasteiger partial charge >= 0.3 is 0 Å². The van der Waals surface area contributed by atoms with E-state index in [1.807, 2.05) is 0 Å². The van der Waals surface area contributed by atoms with E-state index in [4.69, 9.17) is 4.74 Å². The van der Waals surface area contributed by atoms with Crippen LogP contribution < -0.4 is 0 Å². The van der Waals surface area contributed by atoms with Crippen molar-refractivity contribution < 1.29 is 4.74 Å². The minimum absolute atomic E-state index is 0.0218. The molecule has 3 aliphatic rings. The highest BCUT2D eigenvalue weighted by Crippen LogP contribution is 2.41. The monoisotopic (exact) mass is 265 g/mol. The molecule has 2 aliphatic heterocycles. The Morgan fingerprint density at radius 3 is 2.16 bits per heavy atom. The van der Waals surface area contributed by atoms with Crippen molar-refractivity contribution in [1.82, 2.24) is 4.90 Å². The Morgan fingerprint density at radius 2 is 1.63 bits per heavy atom. The van der Waals surface area contributed by atoms with Crippen molar-refractivity contribution >= 4 is 0 Å². The van der Waals surface area contributed by atoms with Gasteiger partial charge in [0, 0.05) is 18.6 Å². The third kappa shape index (κ3) is 3.52. The molecule has 3 atom stereocenters. The first-order chi connectivity index (χ1) is 9.03. The zero-order chi connectivity index (χ0) is 13.5. The van der Waals surface area contributed by atoms with E-state index in [1.54, 1.807) is 0 Å². The van der Waals surface area contributed by atoms with Gasteiger partial charge in [-0.1, -0.05) is 6.42 Å². The van der Waals surface area contributed by atoms with Crippen LogP contribution in [0.1, 0.15) is 65.7 Å². The fraction of sp³-hybridized carbons (Fsp3) is 1.00. The van der Waals surface area contributed by atoms with Crippen molar-refractivity contribution in [3.05, 3.63) is 0 Å². The average Bonchev–Trinajstić information content (AvgIpc) is 3.13. The summed E-state index contributed by atoms with van der Waals surface area (Å²) >= 11 is 0. The van der Waals surface area contributed by atoms with Gasteiger partial charge in [0.2, 0.25) is 0 Å². The van der Waals surface area contributed by atoms with E-state index in [-0.39, 0.29) is 5.60 Å². The molecule has 0 N–H and O–H groups in total. The minimum atomic E-state index is 0.0218. The van der Waals surface area contributed by atoms with Gasteiger partial charge in [0.25, 0.3) is 0 Å². The minimum Gasteiger partial charge on any atom is -0.376 e. The number of ether oxygens (including phenoxy) is 1. The van der Waals surface area contributed by atoms with E-state index in [1.165, 1.54) is 51.5 Å². The van der Waals surface area contributed by atoms with E-state index < -0.39 is 0 Å². The zero-order valence-corrected chi connectivity index (χ0v) is 13.0. The van der Waals surface area contributed by atoms with Gasteiger partial charge in [0.15, 0.2) is 0 Å². The van der Waals surface area contributed by atoms with Crippen molar-refractivity contribution in [2.75, 3.05) is 13.2 Å². The van der Waals surface area contributed by atoms with E-state index in [9.17, 15) is 0 Å². The Morgan fingerprint density at radius 1 is 1.00 bits per heavy atom. The van der Waals surface area contributed by atoms with E-state index in [2.05, 4.69) is 25.7 Å². The highest BCUT2D eigenvalue weighted by molar-refractivity contribution is 4.94. The summed E-state index contributed by atoms with van der Waals surface area (Å²) in [7, 11) is 0. The first-order valence-corrected chi connectivity index (χ1v) is 8.42. The highest BCUT2D eigenvalue weighted by Gasteiger charge is 2.40. The van der Waals surface area contributed by atoms with Crippen LogP contribution in [0.3, 0.4) is 0 Å². The number of hydrogen-bond acceptors (Lipinski definition) is 2. The average molecular weight is 265 g/mol. The van der Waals surface area contributed by atoms with Crippen LogP contribution in [0.4, 0.5) is 0 Å². The van der Waals surface area contributed by atoms with Crippen molar-refractivity contribution in [3.63, 3.8) is 0 Å². The molecule has 2 nitrogen and oxygen atoms in total. The lowest BCUT2D eigenvalue weighted by molar-refractivity contribution is -0.0361. The summed E-state index contributed by atoms with van der Waals surface area (Å²) in [5.41, 5.74) is 0.0218. The van der Waals surface area contributed by atoms with Crippen LogP contribution in [0.15, 0.2) is 0 Å². The summed E-state index contributed by atoms with van der Waals surface area (Å²) < 4.78 is 6.10. The Balaban J connectivity index is 1.56. The second-order valence-corrected chi connectivity index (χ2v) is 8.03. The fourth-order valence-corrected chi connectivity index (χ4v) is 4.06. The first-order valence-electron chi connectivity index (χ1n) is 8.42. The maximum absolute atomic E-state index is 6.10. The second kappa shape index (κ2) is 5.37. The molecule has 0 aromatic carbocycles. The lowest BCUT2D eigenvalue weighted by atomic mass is 9.98. The van der Waals surface area contributed by atoms with Gasteiger partial charge in [-0.05, 0) is 71.1 Å². The lowest BCUT2D eigenvalue weighted by Crippen LogP contribution is -2.44. The molecule has 0 aromatic heterocycles. The molecular weight excluding hydrogens is 234 g/mol. The van der Waals surface area contributed by atoms with Gasteiger partial charge in [-0.15, -0.1) is 0 Å². The zero-order valence-electron chi connectivity index (χ0n) is 13.0. The number of rotatable bonds is 5. The number of nitrogens with zero attached hydrogens (tertiary/aromatic N) is 1. The van der Waals surface area contributed by atoms with Crippen LogP contribution in [-0.2, 0) is 4.74 Å². The molecule has 0 radical (unpaired) electrons. The van der Waals surface area contributed by atoms with Gasteiger partial charge in [-0.3, -0.25) is 4.90 Å². The third-order valence-corrected chi connectivity index (χ3v) is 5.31. The molecule has 3 rings (SSSR count). The summed E-state index contributed by atoms with van der Waals surface area (Å²) in [6.07, 6.45) is 10.2. The number of hydrogen-bond donors (Lipinski definition) is 0. The fourth-order valence-electron chi connectivity index (χ4n) is 4.06. The van der Waals surface area contributed by atoms with E-state index >= 15 is 0 Å². The van der Waals surface area contributed by atoms with Crippen molar-refractivity contribution in [3.8, 4) is 0 Å². The molecule has 3 fully saturated rings. The second-order valence-electron chi connectivity index (χ2n) is 8.03. The standard InChI is InChI=1S/C17H31NO/c1-17(2,3)19-12-14(13-7-8-13)11-18-15-5-4-6-16(18)10-9-15/h13-16H,4-12H2,1-3H3/t14-,15?,16?/m0/s1. The van der Waals surface area contributed by atoms with Crippen LogP contribution in [-0.4, -0.2) is 35.7 Å². The van der Waals surface area contributed by atoms with Crippen molar-refractivity contribution in [2.45, 2.75) is 83.4 Å². The molecule has 1 saturated carbocycles. The maximum Gasteiger partial charge on any atom is 0.0598 e. The SMILES string of the molecule is CC(C)(C)OC[C@H](CN1C2CCCC1CC2)C1CC1. The molecule has 0 spiro atoms. The molecule has 2 saturated heterocycles. The molecule has 1 aliphatic carbocycles. The van der Waals surface area contributed by atoms with Crippen LogP contribution >= 0.6 is 0 Å². The summed E-state index contributed by atoms with van der Waals surface area (Å²) in [5, 5.41) is 0. The Labute approximate surface area is 118 Å². The van der Waals surface area contributed by atoms with Crippen LogP contribution in [0.5, 0.6) is 0 Å². The predicted octanol–water partition coefficient (Wildman–Crippen LogP) is 3.84. The Kier molecular flexibility index (Phi) is 3.92. The van der Waals surface area contributed by atoms with Crippen LogP contribution in [0, 0.1) is 11.8 Å². The Bertz CT molecular complexity index is 289. The largest absolute Gasteiger partial charge is 0.376 e. The molecule has 0 aromatic rings. The van der Waals surface area contributed by atoms with Gasteiger partial charge in [-0.2, -0.15) is 0 Å². The summed E-state index contributed by atoms with van der Waals surface area (Å²) in [5.74, 6) is 1.75. The molecule has 19 heavy (non-hydrogen) atoms. The summed E-state index contributed by atoms with van der Waals surface area (Å²) in [4.78, 5) is 2.86. The maximum atomic E-state index is 6.10. The van der Waals surface area contributed by atoms with Gasteiger partial charge in [0.1, 0.15) is 0 Å². The quantitative estimate of drug-likeness (QED) is 0.749. The van der Waals surface area contributed by atoms with Crippen LogP contribution in [0.25, 0.3) is 0 Å². The Hall–Kier alpha value is -0.0800. The smallest absolute Gasteiger partial charge is 0.0598 e. The summed E-state index contributed by atoms with van der Waals surface area (Å²) in [6, 6.07) is 1.82. The molecule has 0 amide bonds. The van der Waals surface area contributed by atoms with E-state index in [0.717, 1.165) is 30.5 Å². The lowest BCUT2D eigenvalue weighted by Gasteiger charge is -2.37. The summed E-state index contributed by atoms with van der Waals surface area (Å²) in [6.45, 7) is 8.84. The third-order valence-electron chi connectivity index (χ3n) is 5.31. The number of fused-ring (bicyclic) bond motifs is 2. The molecule has 110 valence electrons. The van der Waals surface area contributed by atoms with Gasteiger partial charge in [-0.25, -0.2) is 0 Å². The molecule has 2 bridgehead atoms. The highest BCUT2D eigenvalue weighted by atomic mass is 16.5. The predicted molar refractivity (Wildman–Crippen MR) is 79.3 cm³/mol. The van der Waals surface area contributed by atoms with Gasteiger partial charge < -0.3 is 4.74 Å². The first kappa shape index (κ1) is 13.9. The molecule has 2 heteroatoms. The van der Waals surface area contributed by atoms with Crippen molar-refractivity contribution in [2.24, 2.45) is 11.8 Å². The van der Waals surface area contributed by atoms with Gasteiger partial charge in [0.05, 0.1) is 12.2 Å².